The number of hydrogen-bond acceptors (Lipinski definition) is 3. The molecule has 0 radical (unpaired) electrons. The fourth-order valence-corrected chi connectivity index (χ4v) is 2.10. The topological polar surface area (TPSA) is 44.5 Å². The fraction of sp³-hybridized carbons (Fsp3) is 0.333. The minimum Gasteiger partial charge on any atom is -0.491 e. The molecule has 2 aromatic rings. The highest BCUT2D eigenvalue weighted by atomic mass is 16.5. The summed E-state index contributed by atoms with van der Waals surface area (Å²) in [6.45, 7) is 3.14. The van der Waals surface area contributed by atoms with E-state index in [1.165, 1.54) is 0 Å². The predicted octanol–water partition coefficient (Wildman–Crippen LogP) is 2.95. The summed E-state index contributed by atoms with van der Waals surface area (Å²) in [7, 11) is 1.70. The van der Waals surface area contributed by atoms with Gasteiger partial charge in [0, 0.05) is 25.7 Å². The van der Waals surface area contributed by atoms with Crippen molar-refractivity contribution in [1.82, 2.24) is 0 Å². The number of ether oxygens (including phenoxy) is 2. The first-order valence-corrected chi connectivity index (χ1v) is 7.11. The van der Waals surface area contributed by atoms with Crippen molar-refractivity contribution in [2.75, 3.05) is 20.3 Å². The number of rotatable bonds is 5. The Morgan fingerprint density at radius 2 is 1.90 bits per heavy atom. The molecule has 0 saturated heterocycles. The maximum Gasteiger partial charge on any atom is 0.120 e. The van der Waals surface area contributed by atoms with Gasteiger partial charge in [-0.15, -0.1) is 0 Å². The number of benzene rings is 2. The molecule has 2 rings (SSSR count). The molecule has 0 spiro atoms. The Morgan fingerprint density at radius 3 is 2.67 bits per heavy atom. The Kier molecular flexibility index (Phi) is 5.62. The Morgan fingerprint density at radius 1 is 1.14 bits per heavy atom. The van der Waals surface area contributed by atoms with Crippen molar-refractivity contribution in [2.45, 2.75) is 19.4 Å². The first-order valence-electron chi connectivity index (χ1n) is 7.11. The summed E-state index contributed by atoms with van der Waals surface area (Å²) in [4.78, 5) is 0. The van der Waals surface area contributed by atoms with Crippen molar-refractivity contribution in [3.8, 4) is 17.6 Å². The van der Waals surface area contributed by atoms with Crippen LogP contribution in [-0.4, -0.2) is 26.4 Å². The molecule has 1 atom stereocenters. The van der Waals surface area contributed by atoms with Crippen LogP contribution in [-0.2, 0) is 4.74 Å². The van der Waals surface area contributed by atoms with E-state index in [1.807, 2.05) is 12.1 Å². The molecule has 0 fully saturated rings. The molecule has 0 aliphatic rings. The standard InChI is InChI=1S/C18H21NO2/c1-14(9-11-20-2)21-18-8-7-16-12-15(4-3-10-19)5-6-17(16)13-18/h5-8,12-14H,9-11,19H2,1-2H3. The van der Waals surface area contributed by atoms with Crippen LogP contribution in [0.5, 0.6) is 5.75 Å². The van der Waals surface area contributed by atoms with Gasteiger partial charge in [-0.2, -0.15) is 0 Å². The minimum absolute atomic E-state index is 0.136. The SMILES string of the molecule is COCCC(C)Oc1ccc2cc(C#CCN)ccc2c1. The van der Waals surface area contributed by atoms with Gasteiger partial charge in [-0.3, -0.25) is 0 Å². The fourth-order valence-electron chi connectivity index (χ4n) is 2.10. The van der Waals surface area contributed by atoms with Crippen LogP contribution in [0.1, 0.15) is 18.9 Å². The van der Waals surface area contributed by atoms with Crippen LogP contribution in [0.3, 0.4) is 0 Å². The van der Waals surface area contributed by atoms with E-state index in [9.17, 15) is 0 Å². The molecule has 110 valence electrons. The van der Waals surface area contributed by atoms with Gasteiger partial charge in [-0.25, -0.2) is 0 Å². The summed E-state index contributed by atoms with van der Waals surface area (Å²) >= 11 is 0. The van der Waals surface area contributed by atoms with Crippen LogP contribution in [0.25, 0.3) is 10.8 Å². The number of fused-ring (bicyclic) bond motifs is 1. The predicted molar refractivity (Wildman–Crippen MR) is 86.5 cm³/mol. The van der Waals surface area contributed by atoms with Crippen molar-refractivity contribution >= 4 is 10.8 Å². The van der Waals surface area contributed by atoms with E-state index in [1.54, 1.807) is 7.11 Å². The van der Waals surface area contributed by atoms with Crippen LogP contribution in [0.4, 0.5) is 0 Å². The lowest BCUT2D eigenvalue weighted by Crippen LogP contribution is -2.14. The Hall–Kier alpha value is -2.02. The third-order valence-corrected chi connectivity index (χ3v) is 3.21. The van der Waals surface area contributed by atoms with Gasteiger partial charge in [0.25, 0.3) is 0 Å². The zero-order valence-corrected chi connectivity index (χ0v) is 12.6. The molecular formula is C18H21NO2. The molecule has 0 amide bonds. The van der Waals surface area contributed by atoms with Gasteiger partial charge in [0.2, 0.25) is 0 Å². The molecule has 3 nitrogen and oxygen atoms in total. The molecule has 0 aliphatic carbocycles. The highest BCUT2D eigenvalue weighted by Crippen LogP contribution is 2.23. The summed E-state index contributed by atoms with van der Waals surface area (Å²) in [5.74, 6) is 6.80. The largest absolute Gasteiger partial charge is 0.491 e. The van der Waals surface area contributed by atoms with Gasteiger partial charge in [-0.05, 0) is 42.0 Å². The van der Waals surface area contributed by atoms with Gasteiger partial charge < -0.3 is 15.2 Å². The quantitative estimate of drug-likeness (QED) is 0.858. The summed E-state index contributed by atoms with van der Waals surface area (Å²) in [5.41, 5.74) is 6.37. The van der Waals surface area contributed by atoms with Crippen LogP contribution in [0.2, 0.25) is 0 Å². The van der Waals surface area contributed by atoms with Crippen LogP contribution >= 0.6 is 0 Å². The highest BCUT2D eigenvalue weighted by Gasteiger charge is 2.04. The first kappa shape index (κ1) is 15.4. The van der Waals surface area contributed by atoms with Gasteiger partial charge in [0.1, 0.15) is 5.75 Å². The molecule has 2 aromatic carbocycles. The van der Waals surface area contributed by atoms with Gasteiger partial charge >= 0.3 is 0 Å². The normalized spacial score (nSPS) is 11.8. The molecule has 0 bridgehead atoms. The number of hydrogen-bond donors (Lipinski definition) is 1. The maximum absolute atomic E-state index is 5.90. The van der Waals surface area contributed by atoms with E-state index < -0.39 is 0 Å². The van der Waals surface area contributed by atoms with Crippen molar-refractivity contribution in [3.63, 3.8) is 0 Å². The zero-order valence-electron chi connectivity index (χ0n) is 12.6. The van der Waals surface area contributed by atoms with E-state index in [2.05, 4.69) is 43.0 Å². The Bertz CT molecular complexity index is 655. The van der Waals surface area contributed by atoms with E-state index in [0.29, 0.717) is 13.2 Å². The number of methoxy groups -OCH3 is 1. The summed E-state index contributed by atoms with van der Waals surface area (Å²) in [5, 5.41) is 2.29. The average molecular weight is 283 g/mol. The second kappa shape index (κ2) is 7.68. The number of nitrogens with two attached hydrogens (primary N) is 1. The molecule has 0 saturated carbocycles. The lowest BCUT2D eigenvalue weighted by atomic mass is 10.1. The van der Waals surface area contributed by atoms with E-state index in [0.717, 1.165) is 28.5 Å². The molecule has 2 N–H and O–H groups in total. The third-order valence-electron chi connectivity index (χ3n) is 3.21. The molecule has 0 aliphatic heterocycles. The Balaban J connectivity index is 2.15. The van der Waals surface area contributed by atoms with Gasteiger partial charge in [0.05, 0.1) is 12.6 Å². The van der Waals surface area contributed by atoms with Gasteiger partial charge in [-0.1, -0.05) is 24.0 Å². The zero-order chi connectivity index (χ0) is 15.1. The van der Waals surface area contributed by atoms with Crippen molar-refractivity contribution in [2.24, 2.45) is 5.73 Å². The van der Waals surface area contributed by atoms with Crippen LogP contribution < -0.4 is 10.5 Å². The van der Waals surface area contributed by atoms with Crippen LogP contribution in [0.15, 0.2) is 36.4 Å². The summed E-state index contributed by atoms with van der Waals surface area (Å²) in [6.07, 6.45) is 1.01. The second-order valence-corrected chi connectivity index (χ2v) is 4.94. The molecule has 0 heterocycles. The first-order chi connectivity index (χ1) is 10.2. The molecular weight excluding hydrogens is 262 g/mol. The van der Waals surface area contributed by atoms with Crippen molar-refractivity contribution in [3.05, 3.63) is 42.0 Å². The summed E-state index contributed by atoms with van der Waals surface area (Å²) in [6, 6.07) is 12.2. The third kappa shape index (κ3) is 4.49. The highest BCUT2D eigenvalue weighted by molar-refractivity contribution is 5.85. The Labute approximate surface area is 126 Å². The second-order valence-electron chi connectivity index (χ2n) is 4.94. The summed E-state index contributed by atoms with van der Waals surface area (Å²) < 4.78 is 11.0. The molecule has 1 unspecified atom stereocenters. The van der Waals surface area contributed by atoms with E-state index in [4.69, 9.17) is 15.2 Å². The molecule has 3 heteroatoms. The lowest BCUT2D eigenvalue weighted by Gasteiger charge is -2.14. The minimum atomic E-state index is 0.136. The lowest BCUT2D eigenvalue weighted by molar-refractivity contribution is 0.135. The monoisotopic (exact) mass is 283 g/mol. The maximum atomic E-state index is 5.90. The average Bonchev–Trinajstić information content (AvgIpc) is 2.50. The van der Waals surface area contributed by atoms with Crippen LogP contribution in [0, 0.1) is 11.8 Å². The molecule has 0 aromatic heterocycles. The molecule has 21 heavy (non-hydrogen) atoms. The van der Waals surface area contributed by atoms with E-state index in [-0.39, 0.29) is 6.10 Å². The van der Waals surface area contributed by atoms with Crippen molar-refractivity contribution in [1.29, 1.82) is 0 Å². The van der Waals surface area contributed by atoms with Gasteiger partial charge in [0.15, 0.2) is 0 Å². The smallest absolute Gasteiger partial charge is 0.120 e. The van der Waals surface area contributed by atoms with Crippen molar-refractivity contribution < 1.29 is 9.47 Å². The van der Waals surface area contributed by atoms with E-state index >= 15 is 0 Å².